The van der Waals surface area contributed by atoms with Gasteiger partial charge in [-0.1, -0.05) is 17.9 Å². The highest BCUT2D eigenvalue weighted by Gasteiger charge is 2.05. The summed E-state index contributed by atoms with van der Waals surface area (Å²) in [5.74, 6) is 5.19. The Bertz CT molecular complexity index is 538. The van der Waals surface area contributed by atoms with E-state index in [9.17, 15) is 8.42 Å². The number of aryl methyl sites for hydroxylation is 1. The summed E-state index contributed by atoms with van der Waals surface area (Å²) in [7, 11) is -3.32. The first-order valence-corrected chi connectivity index (χ1v) is 6.49. The van der Waals surface area contributed by atoms with Gasteiger partial charge in [0.15, 0.2) is 0 Å². The minimum absolute atomic E-state index is 0.258. The largest absolute Gasteiger partial charge is 0.384 e. The SMILES string of the molecule is Cc1ccc(NS(C)(=O)=O)c(C#CCO)c1. The van der Waals surface area contributed by atoms with E-state index in [0.29, 0.717) is 11.3 Å². The molecule has 0 atom stereocenters. The van der Waals surface area contributed by atoms with Gasteiger partial charge >= 0.3 is 0 Å². The minimum Gasteiger partial charge on any atom is -0.384 e. The lowest BCUT2D eigenvalue weighted by atomic mass is 10.1. The van der Waals surface area contributed by atoms with E-state index in [2.05, 4.69) is 16.6 Å². The molecule has 0 amide bonds. The van der Waals surface area contributed by atoms with Gasteiger partial charge < -0.3 is 5.11 Å². The van der Waals surface area contributed by atoms with Gasteiger partial charge in [0.05, 0.1) is 11.9 Å². The van der Waals surface area contributed by atoms with Crippen molar-refractivity contribution in [2.75, 3.05) is 17.6 Å². The number of sulfonamides is 1. The second-order valence-corrected chi connectivity index (χ2v) is 5.13. The molecule has 16 heavy (non-hydrogen) atoms. The number of benzene rings is 1. The molecule has 0 heterocycles. The molecule has 86 valence electrons. The third-order valence-corrected chi connectivity index (χ3v) is 2.36. The number of anilines is 1. The monoisotopic (exact) mass is 239 g/mol. The summed E-state index contributed by atoms with van der Waals surface area (Å²) in [6.45, 7) is 1.63. The Hall–Kier alpha value is -1.51. The van der Waals surface area contributed by atoms with Crippen molar-refractivity contribution >= 4 is 15.7 Å². The van der Waals surface area contributed by atoms with Crippen LogP contribution in [0.4, 0.5) is 5.69 Å². The maximum absolute atomic E-state index is 11.1. The summed E-state index contributed by atoms with van der Waals surface area (Å²) < 4.78 is 24.6. The molecule has 5 heteroatoms. The normalized spacial score (nSPS) is 10.4. The van der Waals surface area contributed by atoms with Crippen molar-refractivity contribution in [1.29, 1.82) is 0 Å². The van der Waals surface area contributed by atoms with E-state index in [-0.39, 0.29) is 6.61 Å². The molecule has 0 bridgehead atoms. The van der Waals surface area contributed by atoms with Crippen LogP contribution < -0.4 is 4.72 Å². The molecular weight excluding hydrogens is 226 g/mol. The topological polar surface area (TPSA) is 66.4 Å². The summed E-state index contributed by atoms with van der Waals surface area (Å²) >= 11 is 0. The van der Waals surface area contributed by atoms with E-state index >= 15 is 0 Å². The van der Waals surface area contributed by atoms with Gasteiger partial charge in [0.1, 0.15) is 6.61 Å². The maximum atomic E-state index is 11.1. The molecule has 0 aliphatic rings. The maximum Gasteiger partial charge on any atom is 0.229 e. The molecule has 0 aromatic heterocycles. The number of aliphatic hydroxyl groups is 1. The van der Waals surface area contributed by atoms with E-state index in [0.717, 1.165) is 11.8 Å². The summed E-state index contributed by atoms with van der Waals surface area (Å²) in [5, 5.41) is 8.61. The molecule has 4 nitrogen and oxygen atoms in total. The zero-order valence-corrected chi connectivity index (χ0v) is 9.93. The van der Waals surface area contributed by atoms with Gasteiger partial charge in [0, 0.05) is 5.56 Å². The highest BCUT2D eigenvalue weighted by Crippen LogP contribution is 2.17. The lowest BCUT2D eigenvalue weighted by Gasteiger charge is -2.07. The Morgan fingerprint density at radius 3 is 2.69 bits per heavy atom. The van der Waals surface area contributed by atoms with Crippen molar-refractivity contribution < 1.29 is 13.5 Å². The van der Waals surface area contributed by atoms with E-state index in [1.807, 2.05) is 6.92 Å². The van der Waals surface area contributed by atoms with Crippen molar-refractivity contribution in [2.24, 2.45) is 0 Å². The van der Waals surface area contributed by atoms with Crippen LogP contribution in [-0.2, 0) is 10.0 Å². The Labute approximate surface area is 95.4 Å². The average Bonchev–Trinajstić information content (AvgIpc) is 2.16. The fourth-order valence-electron chi connectivity index (χ4n) is 1.19. The quantitative estimate of drug-likeness (QED) is 0.747. The highest BCUT2D eigenvalue weighted by atomic mass is 32.2. The van der Waals surface area contributed by atoms with E-state index in [1.54, 1.807) is 18.2 Å². The zero-order chi connectivity index (χ0) is 12.2. The van der Waals surface area contributed by atoms with Gasteiger partial charge in [-0.3, -0.25) is 4.72 Å². The van der Waals surface area contributed by atoms with Crippen molar-refractivity contribution in [3.8, 4) is 11.8 Å². The summed E-state index contributed by atoms with van der Waals surface area (Å²) in [4.78, 5) is 0. The van der Waals surface area contributed by atoms with Crippen LogP contribution in [0.15, 0.2) is 18.2 Å². The number of nitrogens with one attached hydrogen (secondary N) is 1. The van der Waals surface area contributed by atoms with E-state index < -0.39 is 10.0 Å². The van der Waals surface area contributed by atoms with E-state index in [4.69, 9.17) is 5.11 Å². The van der Waals surface area contributed by atoms with E-state index in [1.165, 1.54) is 0 Å². The van der Waals surface area contributed by atoms with Gasteiger partial charge in [-0.2, -0.15) is 0 Å². The van der Waals surface area contributed by atoms with Crippen LogP contribution in [0.5, 0.6) is 0 Å². The van der Waals surface area contributed by atoms with Crippen LogP contribution in [0.2, 0.25) is 0 Å². The molecule has 0 fully saturated rings. The first-order chi connectivity index (χ1) is 7.42. The standard InChI is InChI=1S/C11H13NO3S/c1-9-5-6-11(12-16(2,14)15)10(8-9)4-3-7-13/h5-6,8,12-13H,7H2,1-2H3. The number of hydrogen-bond donors (Lipinski definition) is 2. The first-order valence-electron chi connectivity index (χ1n) is 4.60. The zero-order valence-electron chi connectivity index (χ0n) is 9.11. The molecule has 0 aliphatic heterocycles. The molecule has 0 unspecified atom stereocenters. The second kappa shape index (κ2) is 5.01. The lowest BCUT2D eigenvalue weighted by molar-refractivity contribution is 0.350. The molecule has 2 N–H and O–H groups in total. The Morgan fingerprint density at radius 2 is 2.12 bits per heavy atom. The molecular formula is C11H13NO3S. The predicted molar refractivity (Wildman–Crippen MR) is 63.6 cm³/mol. The molecule has 0 aliphatic carbocycles. The lowest BCUT2D eigenvalue weighted by Crippen LogP contribution is -2.10. The molecule has 1 aromatic carbocycles. The van der Waals surface area contributed by atoms with Crippen LogP contribution >= 0.6 is 0 Å². The highest BCUT2D eigenvalue weighted by molar-refractivity contribution is 7.92. The molecule has 1 aromatic rings. The van der Waals surface area contributed by atoms with Crippen LogP contribution in [0.1, 0.15) is 11.1 Å². The molecule has 0 spiro atoms. The van der Waals surface area contributed by atoms with Gasteiger partial charge in [0.2, 0.25) is 10.0 Å². The van der Waals surface area contributed by atoms with Gasteiger partial charge in [-0.05, 0) is 24.6 Å². The Balaban J connectivity index is 3.17. The Morgan fingerprint density at radius 1 is 1.44 bits per heavy atom. The van der Waals surface area contributed by atoms with Crippen molar-refractivity contribution in [3.63, 3.8) is 0 Å². The molecule has 0 saturated heterocycles. The fraction of sp³-hybridized carbons (Fsp3) is 0.273. The first kappa shape index (κ1) is 12.6. The van der Waals surface area contributed by atoms with Gasteiger partial charge in [-0.25, -0.2) is 8.42 Å². The van der Waals surface area contributed by atoms with Crippen molar-refractivity contribution in [3.05, 3.63) is 29.3 Å². The third kappa shape index (κ3) is 3.93. The van der Waals surface area contributed by atoms with Crippen LogP contribution in [0.3, 0.4) is 0 Å². The predicted octanol–water partition coefficient (Wildman–Crippen LogP) is 0.710. The summed E-state index contributed by atoms with van der Waals surface area (Å²) in [6, 6.07) is 5.20. The van der Waals surface area contributed by atoms with Crippen LogP contribution in [-0.4, -0.2) is 26.4 Å². The second-order valence-electron chi connectivity index (χ2n) is 3.38. The average molecular weight is 239 g/mol. The van der Waals surface area contributed by atoms with Crippen LogP contribution in [0.25, 0.3) is 0 Å². The minimum atomic E-state index is -3.32. The van der Waals surface area contributed by atoms with Crippen molar-refractivity contribution in [2.45, 2.75) is 6.92 Å². The molecule has 0 radical (unpaired) electrons. The number of aliphatic hydroxyl groups excluding tert-OH is 1. The Kier molecular flexibility index (Phi) is 3.93. The van der Waals surface area contributed by atoms with Gasteiger partial charge in [0.25, 0.3) is 0 Å². The van der Waals surface area contributed by atoms with Crippen LogP contribution in [0, 0.1) is 18.8 Å². The molecule has 0 saturated carbocycles. The van der Waals surface area contributed by atoms with Gasteiger partial charge in [-0.15, -0.1) is 0 Å². The smallest absolute Gasteiger partial charge is 0.229 e. The number of hydrogen-bond acceptors (Lipinski definition) is 3. The third-order valence-electron chi connectivity index (χ3n) is 1.77. The fourth-order valence-corrected chi connectivity index (χ4v) is 1.76. The summed E-state index contributed by atoms with van der Waals surface area (Å²) in [6.07, 6.45) is 1.08. The number of rotatable bonds is 2. The molecule has 1 rings (SSSR count). The van der Waals surface area contributed by atoms with Crippen molar-refractivity contribution in [1.82, 2.24) is 0 Å². The summed E-state index contributed by atoms with van der Waals surface area (Å²) in [5.41, 5.74) is 1.95.